The lowest BCUT2D eigenvalue weighted by Crippen LogP contribution is -2.30. The first-order valence-corrected chi connectivity index (χ1v) is 16.5. The number of nitrogens with zero attached hydrogens (tertiary/aromatic N) is 1. The molecule has 1 saturated heterocycles. The number of furan rings is 1. The van der Waals surface area contributed by atoms with Gasteiger partial charge in [-0.3, -0.25) is 9.78 Å². The molecule has 2 N–H and O–H groups in total. The van der Waals surface area contributed by atoms with Crippen molar-refractivity contribution < 1.29 is 13.9 Å². The van der Waals surface area contributed by atoms with Gasteiger partial charge in [-0.25, -0.2) is 0 Å². The van der Waals surface area contributed by atoms with Crippen molar-refractivity contribution in [2.24, 2.45) is 11.7 Å². The molecule has 2 unspecified atom stereocenters. The molecular weight excluding hydrogens is 544 g/mol. The molecule has 5 heteroatoms. The summed E-state index contributed by atoms with van der Waals surface area (Å²) in [5.41, 5.74) is 17.5. The van der Waals surface area contributed by atoms with E-state index >= 15 is 0 Å². The molecule has 2 aromatic heterocycles. The number of carbonyl (C=O) groups is 1. The Morgan fingerprint density at radius 1 is 1.02 bits per heavy atom. The SMILES string of the molecule is C=C=C1OCCC1CCCC(N)C(=O)c1ccc(C2CCC(c3ccncc3C)CC2)c(CC(=C)c2coc(C3CC3)c2)c1. The van der Waals surface area contributed by atoms with Gasteiger partial charge in [0.2, 0.25) is 0 Å². The fraction of sp³-hybridized carbons (Fsp3) is 0.462. The van der Waals surface area contributed by atoms with Crippen molar-refractivity contribution in [2.75, 3.05) is 6.61 Å². The Kier molecular flexibility index (Phi) is 9.35. The number of allylic oxidation sites excluding steroid dienone is 2. The molecule has 44 heavy (non-hydrogen) atoms. The first kappa shape index (κ1) is 30.4. The number of benzene rings is 1. The number of pyridine rings is 1. The molecule has 2 atom stereocenters. The van der Waals surface area contributed by atoms with E-state index in [0.29, 0.717) is 42.1 Å². The zero-order chi connectivity index (χ0) is 30.6. The summed E-state index contributed by atoms with van der Waals surface area (Å²) in [7, 11) is 0. The molecule has 6 rings (SSSR count). The summed E-state index contributed by atoms with van der Waals surface area (Å²) < 4.78 is 11.5. The molecule has 3 heterocycles. The van der Waals surface area contributed by atoms with E-state index < -0.39 is 6.04 Å². The molecule has 3 aromatic rings. The number of rotatable bonds is 12. The maximum atomic E-state index is 13.6. The highest BCUT2D eigenvalue weighted by Gasteiger charge is 2.29. The Hall–Kier alpha value is -3.66. The Morgan fingerprint density at radius 3 is 2.50 bits per heavy atom. The number of Topliss-reactive ketones (excluding diaryl/α,β-unsaturated/α-hetero) is 1. The maximum Gasteiger partial charge on any atom is 0.179 e. The molecule has 3 fully saturated rings. The molecule has 0 bridgehead atoms. The zero-order valence-corrected chi connectivity index (χ0v) is 26.2. The largest absolute Gasteiger partial charge is 0.490 e. The number of aryl methyl sites for hydroxylation is 1. The lowest BCUT2D eigenvalue weighted by molar-refractivity contribution is 0.0955. The third kappa shape index (κ3) is 6.85. The highest BCUT2D eigenvalue weighted by Crippen LogP contribution is 2.44. The fourth-order valence-electron chi connectivity index (χ4n) is 7.38. The minimum Gasteiger partial charge on any atom is -0.490 e. The molecule has 0 spiro atoms. The van der Waals surface area contributed by atoms with E-state index in [0.717, 1.165) is 74.2 Å². The summed E-state index contributed by atoms with van der Waals surface area (Å²) in [6.07, 6.45) is 16.9. The maximum absolute atomic E-state index is 13.6. The average molecular weight is 591 g/mol. The van der Waals surface area contributed by atoms with E-state index in [1.165, 1.54) is 35.1 Å². The number of nitrogens with two attached hydrogens (primary N) is 1. The number of hydrogen-bond acceptors (Lipinski definition) is 5. The first-order valence-electron chi connectivity index (χ1n) is 16.5. The number of ketones is 1. The zero-order valence-electron chi connectivity index (χ0n) is 26.2. The van der Waals surface area contributed by atoms with Crippen LogP contribution in [0.15, 0.2) is 78.1 Å². The Labute approximate surface area is 262 Å². The normalized spacial score (nSPS) is 22.3. The van der Waals surface area contributed by atoms with Crippen LogP contribution in [0.2, 0.25) is 0 Å². The molecule has 5 nitrogen and oxygen atoms in total. The second-order valence-electron chi connectivity index (χ2n) is 13.3. The second kappa shape index (κ2) is 13.5. The van der Waals surface area contributed by atoms with Gasteiger partial charge in [0, 0.05) is 35.4 Å². The molecule has 1 aliphatic heterocycles. The average Bonchev–Trinajstić information content (AvgIpc) is 3.58. The number of carbonyl (C=O) groups excluding carboxylic acids is 1. The summed E-state index contributed by atoms with van der Waals surface area (Å²) in [6.45, 7) is 11.1. The Morgan fingerprint density at radius 2 is 1.77 bits per heavy atom. The van der Waals surface area contributed by atoms with Gasteiger partial charge in [0.05, 0.1) is 18.9 Å². The van der Waals surface area contributed by atoms with E-state index in [1.54, 1.807) is 0 Å². The van der Waals surface area contributed by atoms with Gasteiger partial charge in [0.1, 0.15) is 11.5 Å². The van der Waals surface area contributed by atoms with Crippen LogP contribution in [0.3, 0.4) is 0 Å². The van der Waals surface area contributed by atoms with Gasteiger partial charge < -0.3 is 14.9 Å². The molecule has 0 radical (unpaired) electrons. The predicted molar refractivity (Wildman–Crippen MR) is 176 cm³/mol. The van der Waals surface area contributed by atoms with Crippen LogP contribution in [0.5, 0.6) is 0 Å². The third-order valence-electron chi connectivity index (χ3n) is 10.2. The molecule has 2 saturated carbocycles. The van der Waals surface area contributed by atoms with Gasteiger partial charge in [-0.2, -0.15) is 0 Å². The van der Waals surface area contributed by atoms with Crippen molar-refractivity contribution >= 4 is 11.4 Å². The van der Waals surface area contributed by atoms with E-state index in [-0.39, 0.29) is 5.78 Å². The highest BCUT2D eigenvalue weighted by molar-refractivity contribution is 6.00. The van der Waals surface area contributed by atoms with Gasteiger partial charge in [-0.1, -0.05) is 37.4 Å². The van der Waals surface area contributed by atoms with Crippen LogP contribution < -0.4 is 5.73 Å². The van der Waals surface area contributed by atoms with E-state index in [2.05, 4.69) is 55.1 Å². The summed E-state index contributed by atoms with van der Waals surface area (Å²) >= 11 is 0. The smallest absolute Gasteiger partial charge is 0.179 e. The fourth-order valence-corrected chi connectivity index (χ4v) is 7.38. The van der Waals surface area contributed by atoms with Crippen LogP contribution in [-0.2, 0) is 11.2 Å². The molecule has 2 aliphatic carbocycles. The number of aromatic nitrogens is 1. The summed E-state index contributed by atoms with van der Waals surface area (Å²) in [4.78, 5) is 17.9. The van der Waals surface area contributed by atoms with Crippen LogP contribution >= 0.6 is 0 Å². The van der Waals surface area contributed by atoms with Crippen LogP contribution in [0.25, 0.3) is 5.57 Å². The molecule has 1 aromatic carbocycles. The summed E-state index contributed by atoms with van der Waals surface area (Å²) in [5.74, 6) is 3.88. The van der Waals surface area contributed by atoms with Crippen LogP contribution in [0, 0.1) is 12.8 Å². The first-order chi connectivity index (χ1) is 21.4. The lowest BCUT2D eigenvalue weighted by Gasteiger charge is -2.31. The summed E-state index contributed by atoms with van der Waals surface area (Å²) in [5, 5.41) is 0. The van der Waals surface area contributed by atoms with Crippen LogP contribution in [0.4, 0.5) is 0 Å². The molecule has 230 valence electrons. The highest BCUT2D eigenvalue weighted by atomic mass is 16.5. The summed E-state index contributed by atoms with van der Waals surface area (Å²) in [6, 6.07) is 10.1. The molecular formula is C39H46N2O3. The van der Waals surface area contributed by atoms with E-state index in [1.807, 2.05) is 24.7 Å². The molecule has 3 aliphatic rings. The number of ether oxygens (including phenoxy) is 1. The van der Waals surface area contributed by atoms with Gasteiger partial charge in [-0.05, 0) is 129 Å². The van der Waals surface area contributed by atoms with Gasteiger partial charge in [0.25, 0.3) is 0 Å². The van der Waals surface area contributed by atoms with E-state index in [4.69, 9.17) is 14.9 Å². The van der Waals surface area contributed by atoms with Crippen molar-refractivity contribution in [3.05, 3.63) is 113 Å². The van der Waals surface area contributed by atoms with Crippen molar-refractivity contribution in [3.8, 4) is 0 Å². The minimum absolute atomic E-state index is 0.0155. The van der Waals surface area contributed by atoms with Crippen molar-refractivity contribution in [1.82, 2.24) is 4.98 Å². The van der Waals surface area contributed by atoms with Crippen molar-refractivity contribution in [2.45, 2.75) is 101 Å². The van der Waals surface area contributed by atoms with Gasteiger partial charge in [-0.15, -0.1) is 0 Å². The van der Waals surface area contributed by atoms with Crippen molar-refractivity contribution in [1.29, 1.82) is 0 Å². The monoisotopic (exact) mass is 590 g/mol. The van der Waals surface area contributed by atoms with Gasteiger partial charge >= 0.3 is 0 Å². The standard InChI is InChI=1S/C39H46N2O3/c1-4-37-29(17-19-43-37)6-5-7-36(40)39(42)31-14-15-35(28-10-8-27(9-11-28)34-16-18-41-23-26(34)3)32(21-31)20-25(2)33-22-38(44-24-33)30-12-13-30/h14-16,18,21-24,27-30,36H,1-2,5-13,17,19-20,40H2,3H3. The quantitative estimate of drug-likeness (QED) is 0.168. The predicted octanol–water partition coefficient (Wildman–Crippen LogP) is 8.94. The van der Waals surface area contributed by atoms with Crippen molar-refractivity contribution in [3.63, 3.8) is 0 Å². The van der Waals surface area contributed by atoms with E-state index in [9.17, 15) is 4.79 Å². The van der Waals surface area contributed by atoms with Gasteiger partial charge in [0.15, 0.2) is 5.78 Å². The lowest BCUT2D eigenvalue weighted by atomic mass is 9.74. The third-order valence-corrected chi connectivity index (χ3v) is 10.2. The molecule has 0 amide bonds. The Balaban J connectivity index is 1.17. The second-order valence-corrected chi connectivity index (χ2v) is 13.3. The van der Waals surface area contributed by atoms with Crippen LogP contribution in [-0.4, -0.2) is 23.4 Å². The van der Waals surface area contributed by atoms with Crippen LogP contribution in [0.1, 0.15) is 126 Å². The number of hydrogen-bond donors (Lipinski definition) is 1. The topological polar surface area (TPSA) is 78.4 Å². The minimum atomic E-state index is -0.524. The Bertz CT molecular complexity index is 1550.